The molecule has 0 unspecified atom stereocenters. The van der Waals surface area contributed by atoms with Gasteiger partial charge in [0.2, 0.25) is 5.82 Å². The number of aromatic nitrogens is 3. The van der Waals surface area contributed by atoms with Gasteiger partial charge in [-0.25, -0.2) is 0 Å². The van der Waals surface area contributed by atoms with Gasteiger partial charge in [0, 0.05) is 5.69 Å². The molecule has 0 saturated carbocycles. The van der Waals surface area contributed by atoms with Crippen LogP contribution < -0.4 is 0 Å². The number of thioether (sulfide) groups is 1. The van der Waals surface area contributed by atoms with Crippen molar-refractivity contribution in [2.75, 3.05) is 12.9 Å². The minimum absolute atomic E-state index is 0.166. The molecule has 2 aromatic heterocycles. The van der Waals surface area contributed by atoms with Crippen LogP contribution in [0, 0.1) is 0 Å². The summed E-state index contributed by atoms with van der Waals surface area (Å²) in [5.74, 6) is 1.05. The van der Waals surface area contributed by atoms with E-state index in [9.17, 15) is 4.79 Å². The minimum Gasteiger partial charge on any atom is -0.468 e. The maximum Gasteiger partial charge on any atom is 0.316 e. The number of esters is 1. The summed E-state index contributed by atoms with van der Waals surface area (Å²) in [6.45, 7) is 0. The Kier molecular flexibility index (Phi) is 4.24. The fourth-order valence-corrected chi connectivity index (χ4v) is 2.71. The van der Waals surface area contributed by atoms with Crippen LogP contribution in [-0.2, 0) is 9.53 Å². The van der Waals surface area contributed by atoms with Gasteiger partial charge in [-0.1, -0.05) is 30.0 Å². The molecule has 0 aliphatic rings. The van der Waals surface area contributed by atoms with Crippen LogP contribution in [0.1, 0.15) is 0 Å². The van der Waals surface area contributed by atoms with E-state index in [2.05, 4.69) is 14.9 Å². The lowest BCUT2D eigenvalue weighted by Gasteiger charge is -2.08. The molecule has 0 saturated heterocycles. The second-order valence-electron chi connectivity index (χ2n) is 4.32. The summed E-state index contributed by atoms with van der Waals surface area (Å²) >= 11 is 1.27. The van der Waals surface area contributed by atoms with Crippen LogP contribution in [0.5, 0.6) is 0 Å². The molecule has 0 amide bonds. The number of nitrogens with zero attached hydrogens (tertiary/aromatic N) is 3. The number of ether oxygens (including phenoxy) is 1. The third-order valence-electron chi connectivity index (χ3n) is 2.94. The molecule has 3 aromatic rings. The Morgan fingerprint density at radius 1 is 1.23 bits per heavy atom. The van der Waals surface area contributed by atoms with E-state index in [0.29, 0.717) is 16.7 Å². The lowest BCUT2D eigenvalue weighted by Crippen LogP contribution is -2.05. The van der Waals surface area contributed by atoms with Gasteiger partial charge in [-0.15, -0.1) is 10.2 Å². The summed E-state index contributed by atoms with van der Waals surface area (Å²) in [5, 5.41) is 8.95. The van der Waals surface area contributed by atoms with Crippen molar-refractivity contribution in [3.63, 3.8) is 0 Å². The van der Waals surface area contributed by atoms with E-state index < -0.39 is 0 Å². The standard InChI is InChI=1S/C15H13N3O3S/c1-20-13(19)10-22-15-17-16-14(12-8-5-9-21-12)18(15)11-6-3-2-4-7-11/h2-9H,10H2,1H3. The summed E-state index contributed by atoms with van der Waals surface area (Å²) in [4.78, 5) is 11.3. The van der Waals surface area contributed by atoms with Gasteiger partial charge in [-0.3, -0.25) is 9.36 Å². The highest BCUT2D eigenvalue weighted by Crippen LogP contribution is 2.28. The van der Waals surface area contributed by atoms with E-state index >= 15 is 0 Å². The van der Waals surface area contributed by atoms with Crippen molar-refractivity contribution in [1.29, 1.82) is 0 Å². The number of hydrogen-bond acceptors (Lipinski definition) is 6. The molecule has 0 aliphatic heterocycles. The monoisotopic (exact) mass is 315 g/mol. The zero-order valence-corrected chi connectivity index (χ0v) is 12.6. The van der Waals surface area contributed by atoms with Crippen molar-refractivity contribution >= 4 is 17.7 Å². The lowest BCUT2D eigenvalue weighted by molar-refractivity contribution is -0.137. The number of hydrogen-bond donors (Lipinski definition) is 0. The fourth-order valence-electron chi connectivity index (χ4n) is 1.92. The van der Waals surface area contributed by atoms with Gasteiger partial charge in [-0.2, -0.15) is 0 Å². The first-order valence-electron chi connectivity index (χ1n) is 6.54. The zero-order chi connectivity index (χ0) is 15.4. The third-order valence-corrected chi connectivity index (χ3v) is 3.84. The average Bonchev–Trinajstić information content (AvgIpc) is 3.22. The second-order valence-corrected chi connectivity index (χ2v) is 5.26. The van der Waals surface area contributed by atoms with Gasteiger partial charge in [0.1, 0.15) is 0 Å². The first-order valence-corrected chi connectivity index (χ1v) is 7.52. The molecule has 112 valence electrons. The van der Waals surface area contributed by atoms with E-state index in [4.69, 9.17) is 4.42 Å². The highest BCUT2D eigenvalue weighted by atomic mass is 32.2. The average molecular weight is 315 g/mol. The van der Waals surface area contributed by atoms with E-state index in [1.807, 2.05) is 41.0 Å². The molecule has 2 heterocycles. The normalized spacial score (nSPS) is 10.6. The Hall–Kier alpha value is -2.54. The topological polar surface area (TPSA) is 70.2 Å². The quantitative estimate of drug-likeness (QED) is 0.532. The Bertz CT molecular complexity index is 754. The molecule has 3 rings (SSSR count). The molecule has 7 heteroatoms. The maximum atomic E-state index is 11.3. The number of carbonyl (C=O) groups excluding carboxylic acids is 1. The summed E-state index contributed by atoms with van der Waals surface area (Å²) < 4.78 is 11.9. The molecule has 6 nitrogen and oxygen atoms in total. The molecule has 0 atom stereocenters. The van der Waals surface area contributed by atoms with Crippen molar-refractivity contribution in [1.82, 2.24) is 14.8 Å². The second kappa shape index (κ2) is 6.48. The van der Waals surface area contributed by atoms with Gasteiger partial charge >= 0.3 is 5.97 Å². The molecule has 22 heavy (non-hydrogen) atoms. The molecule has 1 aromatic carbocycles. The Balaban J connectivity index is 2.02. The van der Waals surface area contributed by atoms with Crippen molar-refractivity contribution in [3.05, 3.63) is 48.7 Å². The zero-order valence-electron chi connectivity index (χ0n) is 11.8. The van der Waals surface area contributed by atoms with Crippen LogP contribution in [0.25, 0.3) is 17.3 Å². The largest absolute Gasteiger partial charge is 0.468 e. The summed E-state index contributed by atoms with van der Waals surface area (Å²) in [7, 11) is 1.36. The molecule has 0 aliphatic carbocycles. The molecular formula is C15H13N3O3S. The van der Waals surface area contributed by atoms with Crippen LogP contribution in [0.15, 0.2) is 58.3 Å². The number of para-hydroxylation sites is 1. The smallest absolute Gasteiger partial charge is 0.316 e. The number of rotatable bonds is 5. The molecular weight excluding hydrogens is 302 g/mol. The minimum atomic E-state index is -0.313. The summed E-state index contributed by atoms with van der Waals surface area (Å²) in [6.07, 6.45) is 1.58. The van der Waals surface area contributed by atoms with E-state index in [1.54, 1.807) is 12.3 Å². The van der Waals surface area contributed by atoms with Crippen molar-refractivity contribution < 1.29 is 13.9 Å². The van der Waals surface area contributed by atoms with Gasteiger partial charge in [0.15, 0.2) is 10.9 Å². The number of methoxy groups -OCH3 is 1. The first-order chi connectivity index (χ1) is 10.8. The highest BCUT2D eigenvalue weighted by molar-refractivity contribution is 7.99. The van der Waals surface area contributed by atoms with Gasteiger partial charge < -0.3 is 9.15 Å². The van der Waals surface area contributed by atoms with Crippen LogP contribution in [0.3, 0.4) is 0 Å². The first kappa shape index (κ1) is 14.4. The molecule has 0 N–H and O–H groups in total. The Morgan fingerprint density at radius 2 is 2.05 bits per heavy atom. The molecule has 0 radical (unpaired) electrons. The van der Waals surface area contributed by atoms with Crippen molar-refractivity contribution in [2.45, 2.75) is 5.16 Å². The third kappa shape index (κ3) is 2.89. The van der Waals surface area contributed by atoms with E-state index in [-0.39, 0.29) is 11.7 Å². The SMILES string of the molecule is COC(=O)CSc1nnc(-c2ccco2)n1-c1ccccc1. The Morgan fingerprint density at radius 3 is 2.73 bits per heavy atom. The van der Waals surface area contributed by atoms with Crippen molar-refractivity contribution in [3.8, 4) is 17.3 Å². The number of furan rings is 1. The van der Waals surface area contributed by atoms with E-state index in [1.165, 1.54) is 18.9 Å². The lowest BCUT2D eigenvalue weighted by atomic mass is 10.3. The van der Waals surface area contributed by atoms with Crippen LogP contribution >= 0.6 is 11.8 Å². The molecule has 0 fully saturated rings. The van der Waals surface area contributed by atoms with Crippen LogP contribution in [-0.4, -0.2) is 33.6 Å². The highest BCUT2D eigenvalue weighted by Gasteiger charge is 2.18. The van der Waals surface area contributed by atoms with E-state index in [0.717, 1.165) is 5.69 Å². The van der Waals surface area contributed by atoms with Gasteiger partial charge in [0.25, 0.3) is 0 Å². The predicted molar refractivity (Wildman–Crippen MR) is 81.8 cm³/mol. The van der Waals surface area contributed by atoms with Crippen LogP contribution in [0.2, 0.25) is 0 Å². The Labute approximate surface area is 131 Å². The van der Waals surface area contributed by atoms with Gasteiger partial charge in [-0.05, 0) is 24.3 Å². The number of benzene rings is 1. The summed E-state index contributed by atoms with van der Waals surface area (Å²) in [6, 6.07) is 13.3. The van der Waals surface area contributed by atoms with Gasteiger partial charge in [0.05, 0.1) is 19.1 Å². The maximum absolute atomic E-state index is 11.3. The molecule has 0 spiro atoms. The van der Waals surface area contributed by atoms with Crippen LogP contribution in [0.4, 0.5) is 0 Å². The van der Waals surface area contributed by atoms with Crippen molar-refractivity contribution in [2.24, 2.45) is 0 Å². The molecule has 0 bridgehead atoms. The summed E-state index contributed by atoms with van der Waals surface area (Å²) in [5.41, 5.74) is 0.895. The predicted octanol–water partition coefficient (Wildman–Crippen LogP) is 2.79. The number of carbonyl (C=O) groups is 1. The fraction of sp³-hybridized carbons (Fsp3) is 0.133.